The topological polar surface area (TPSA) is 39.3 Å². The molecule has 0 aliphatic carbocycles. The summed E-state index contributed by atoms with van der Waals surface area (Å²) in [5, 5.41) is 1.15. The highest BCUT2D eigenvalue weighted by molar-refractivity contribution is 7.99. The predicted molar refractivity (Wildman–Crippen MR) is 93.6 cm³/mol. The molecule has 0 radical (unpaired) electrons. The average molecular weight is 317 g/mol. The van der Waals surface area contributed by atoms with Gasteiger partial charge in [0, 0.05) is 36.1 Å². The molecule has 4 nitrogen and oxygen atoms in total. The Hall–Kier alpha value is -1.46. The number of hydrogen-bond donors (Lipinski definition) is 1. The van der Waals surface area contributed by atoms with Crippen molar-refractivity contribution in [3.8, 4) is 0 Å². The number of nitrogens with zero attached hydrogens (tertiary/aromatic N) is 2. The average Bonchev–Trinajstić information content (AvgIpc) is 2.85. The van der Waals surface area contributed by atoms with E-state index < -0.39 is 0 Å². The molecule has 2 aromatic rings. The Kier molecular flexibility index (Phi) is 4.74. The van der Waals surface area contributed by atoms with E-state index in [0.717, 1.165) is 47.5 Å². The van der Waals surface area contributed by atoms with Crippen LogP contribution in [0.25, 0.3) is 10.9 Å². The Balaban J connectivity index is 1.86. The fraction of sp³-hybridized carbons (Fsp3) is 0.471. The zero-order valence-corrected chi connectivity index (χ0v) is 14.0. The van der Waals surface area contributed by atoms with E-state index >= 15 is 0 Å². The zero-order chi connectivity index (χ0) is 15.5. The van der Waals surface area contributed by atoms with E-state index in [9.17, 15) is 4.79 Å². The van der Waals surface area contributed by atoms with Gasteiger partial charge in [-0.2, -0.15) is 11.8 Å². The van der Waals surface area contributed by atoms with Gasteiger partial charge in [-0.3, -0.25) is 4.79 Å². The summed E-state index contributed by atoms with van der Waals surface area (Å²) in [5.41, 5.74) is 1.81. The number of hydrogen-bond acceptors (Lipinski definition) is 3. The first-order chi connectivity index (χ1) is 10.6. The van der Waals surface area contributed by atoms with Gasteiger partial charge in [0.1, 0.15) is 0 Å². The molecule has 0 bridgehead atoms. The van der Waals surface area contributed by atoms with Crippen LogP contribution in [0, 0.1) is 0 Å². The minimum absolute atomic E-state index is 0.158. The molecule has 1 aromatic heterocycles. The van der Waals surface area contributed by atoms with Crippen LogP contribution in [0.5, 0.6) is 0 Å². The Morgan fingerprint density at radius 2 is 2.27 bits per heavy atom. The van der Waals surface area contributed by atoms with E-state index in [1.807, 2.05) is 42.2 Å². The number of nitrogens with one attached hydrogen (secondary N) is 1. The maximum atomic E-state index is 13.0. The van der Waals surface area contributed by atoms with Crippen molar-refractivity contribution < 1.29 is 4.79 Å². The van der Waals surface area contributed by atoms with Crippen molar-refractivity contribution in [2.75, 3.05) is 38.7 Å². The van der Waals surface area contributed by atoms with E-state index in [0.29, 0.717) is 0 Å². The number of benzene rings is 1. The molecular formula is C17H23N3OS. The monoisotopic (exact) mass is 317 g/mol. The number of aromatic nitrogens is 1. The first-order valence-electron chi connectivity index (χ1n) is 7.76. The molecule has 3 rings (SSSR count). The highest BCUT2D eigenvalue weighted by Gasteiger charge is 2.27. The summed E-state index contributed by atoms with van der Waals surface area (Å²) in [7, 11) is 4.15. The number of fused-ring (bicyclic) bond motifs is 1. The first kappa shape index (κ1) is 15.4. The fourth-order valence-electron chi connectivity index (χ4n) is 3.02. The molecule has 5 heteroatoms. The first-order valence-corrected chi connectivity index (χ1v) is 8.91. The molecule has 2 heterocycles. The zero-order valence-electron chi connectivity index (χ0n) is 13.2. The van der Waals surface area contributed by atoms with Gasteiger partial charge in [0.25, 0.3) is 5.91 Å². The van der Waals surface area contributed by atoms with Crippen LogP contribution >= 0.6 is 11.8 Å². The Labute approximate surface area is 135 Å². The summed E-state index contributed by atoms with van der Waals surface area (Å²) in [6.45, 7) is 1.77. The van der Waals surface area contributed by atoms with Gasteiger partial charge < -0.3 is 14.8 Å². The van der Waals surface area contributed by atoms with Gasteiger partial charge in [0.05, 0.1) is 6.04 Å². The lowest BCUT2D eigenvalue weighted by Gasteiger charge is -2.31. The van der Waals surface area contributed by atoms with Gasteiger partial charge in [0.2, 0.25) is 0 Å². The van der Waals surface area contributed by atoms with Gasteiger partial charge in [-0.25, -0.2) is 0 Å². The lowest BCUT2D eigenvalue weighted by Crippen LogP contribution is -2.46. The van der Waals surface area contributed by atoms with E-state index in [4.69, 9.17) is 0 Å². The number of thioether (sulfide) groups is 1. The van der Waals surface area contributed by atoms with E-state index in [1.165, 1.54) is 0 Å². The van der Waals surface area contributed by atoms with Crippen molar-refractivity contribution in [2.24, 2.45) is 0 Å². The molecule has 1 atom stereocenters. The number of rotatable bonds is 3. The van der Waals surface area contributed by atoms with Crippen LogP contribution in [-0.4, -0.2) is 65.4 Å². The normalized spacial score (nSPS) is 19.6. The van der Waals surface area contributed by atoms with Crippen molar-refractivity contribution >= 4 is 28.6 Å². The van der Waals surface area contributed by atoms with Crippen LogP contribution in [0.1, 0.15) is 16.8 Å². The van der Waals surface area contributed by atoms with Crippen LogP contribution in [-0.2, 0) is 0 Å². The second-order valence-corrected chi connectivity index (χ2v) is 7.27. The minimum atomic E-state index is 0.158. The van der Waals surface area contributed by atoms with Crippen molar-refractivity contribution in [3.05, 3.63) is 36.0 Å². The van der Waals surface area contributed by atoms with Crippen molar-refractivity contribution in [1.82, 2.24) is 14.8 Å². The number of amides is 1. The Morgan fingerprint density at radius 1 is 1.41 bits per heavy atom. The molecule has 1 aromatic carbocycles. The van der Waals surface area contributed by atoms with Crippen LogP contribution in [0.4, 0.5) is 0 Å². The quantitative estimate of drug-likeness (QED) is 0.946. The highest BCUT2D eigenvalue weighted by atomic mass is 32.2. The smallest absolute Gasteiger partial charge is 0.254 e. The van der Waals surface area contributed by atoms with E-state index in [-0.39, 0.29) is 11.9 Å². The van der Waals surface area contributed by atoms with Crippen molar-refractivity contribution in [3.63, 3.8) is 0 Å². The molecule has 0 saturated carbocycles. The lowest BCUT2D eigenvalue weighted by atomic mass is 10.1. The molecule has 1 N–H and O–H groups in total. The lowest BCUT2D eigenvalue weighted by molar-refractivity contribution is 0.0676. The number of H-pyrrole nitrogens is 1. The highest BCUT2D eigenvalue weighted by Crippen LogP contribution is 2.21. The molecule has 1 amide bonds. The Bertz CT molecular complexity index is 652. The predicted octanol–water partition coefficient (Wildman–Crippen LogP) is 2.68. The summed E-state index contributed by atoms with van der Waals surface area (Å²) in [5.74, 6) is 2.32. The summed E-state index contributed by atoms with van der Waals surface area (Å²) in [4.78, 5) is 20.4. The number of carbonyl (C=O) groups excluding carboxylic acids is 1. The van der Waals surface area contributed by atoms with Crippen molar-refractivity contribution in [2.45, 2.75) is 12.5 Å². The third-order valence-electron chi connectivity index (χ3n) is 4.08. The van der Waals surface area contributed by atoms with Gasteiger partial charge in [-0.15, -0.1) is 0 Å². The van der Waals surface area contributed by atoms with Crippen LogP contribution < -0.4 is 0 Å². The SMILES string of the molecule is CN(C)CC1CSCCCN1C(=O)c1ccc2cc[nH]c2c1. The number of aromatic amines is 1. The molecule has 1 fully saturated rings. The van der Waals surface area contributed by atoms with Crippen LogP contribution in [0.15, 0.2) is 30.5 Å². The van der Waals surface area contributed by atoms with Gasteiger partial charge >= 0.3 is 0 Å². The molecule has 22 heavy (non-hydrogen) atoms. The van der Waals surface area contributed by atoms with Crippen LogP contribution in [0.3, 0.4) is 0 Å². The van der Waals surface area contributed by atoms with Gasteiger partial charge in [-0.1, -0.05) is 6.07 Å². The summed E-state index contributed by atoms with van der Waals surface area (Å²) in [6, 6.07) is 8.26. The molecule has 1 unspecified atom stereocenters. The molecule has 118 valence electrons. The third-order valence-corrected chi connectivity index (χ3v) is 5.28. The molecular weight excluding hydrogens is 294 g/mol. The Morgan fingerprint density at radius 3 is 3.09 bits per heavy atom. The third kappa shape index (κ3) is 3.31. The fourth-order valence-corrected chi connectivity index (χ4v) is 4.07. The second kappa shape index (κ2) is 6.75. The number of carbonyl (C=O) groups is 1. The molecule has 1 aliphatic heterocycles. The largest absolute Gasteiger partial charge is 0.361 e. The second-order valence-electron chi connectivity index (χ2n) is 6.12. The van der Waals surface area contributed by atoms with Gasteiger partial charge in [-0.05, 0) is 49.9 Å². The molecule has 1 aliphatic rings. The standard InChI is InChI=1S/C17H23N3OS/c1-19(2)11-15-12-22-9-3-8-20(15)17(21)14-5-4-13-6-7-18-16(13)10-14/h4-7,10,15,18H,3,8-9,11-12H2,1-2H3. The van der Waals surface area contributed by atoms with Gasteiger partial charge in [0.15, 0.2) is 0 Å². The summed E-state index contributed by atoms with van der Waals surface area (Å²) < 4.78 is 0. The summed E-state index contributed by atoms with van der Waals surface area (Å²) >= 11 is 1.96. The molecule has 0 spiro atoms. The van der Waals surface area contributed by atoms with Crippen molar-refractivity contribution in [1.29, 1.82) is 0 Å². The number of likely N-dealkylation sites (N-methyl/N-ethyl adjacent to an activating group) is 1. The van der Waals surface area contributed by atoms with Crippen LogP contribution in [0.2, 0.25) is 0 Å². The maximum Gasteiger partial charge on any atom is 0.254 e. The van der Waals surface area contributed by atoms with E-state index in [1.54, 1.807) is 0 Å². The molecule has 1 saturated heterocycles. The van der Waals surface area contributed by atoms with E-state index in [2.05, 4.69) is 28.9 Å². The maximum absolute atomic E-state index is 13.0. The minimum Gasteiger partial charge on any atom is -0.361 e. The summed E-state index contributed by atoms with van der Waals surface area (Å²) in [6.07, 6.45) is 2.99.